The molecule has 1 fully saturated rings. The van der Waals surface area contributed by atoms with E-state index in [-0.39, 0.29) is 11.7 Å². The number of rotatable bonds is 4. The van der Waals surface area contributed by atoms with Gasteiger partial charge in [-0.3, -0.25) is 4.90 Å². The summed E-state index contributed by atoms with van der Waals surface area (Å²) in [4.78, 5) is 18.1. The quantitative estimate of drug-likeness (QED) is 0.808. The largest absolute Gasteiger partial charge is 0.464 e. The third-order valence-electron chi connectivity index (χ3n) is 3.57. The molecule has 1 unspecified atom stereocenters. The van der Waals surface area contributed by atoms with E-state index in [2.05, 4.69) is 16.8 Å². The Balaban J connectivity index is 2.14. The molecule has 1 saturated heterocycles. The molecule has 0 amide bonds. The van der Waals surface area contributed by atoms with Crippen LogP contribution in [0.15, 0.2) is 0 Å². The van der Waals surface area contributed by atoms with Crippen LogP contribution in [0.25, 0.3) is 0 Å². The summed E-state index contributed by atoms with van der Waals surface area (Å²) in [7, 11) is 1.33. The summed E-state index contributed by atoms with van der Waals surface area (Å²) in [6.45, 7) is 8.13. The van der Waals surface area contributed by atoms with E-state index in [1.807, 2.05) is 11.5 Å². The van der Waals surface area contributed by atoms with Crippen LogP contribution >= 0.6 is 0 Å². The number of hydrogen-bond donors (Lipinski definition) is 1. The normalized spacial score (nSPS) is 17.9. The zero-order chi connectivity index (χ0) is 14.7. The fraction of sp³-hybridized carbons (Fsp3) is 0.692. The first-order valence-electron chi connectivity index (χ1n) is 6.77. The van der Waals surface area contributed by atoms with Crippen molar-refractivity contribution in [2.24, 2.45) is 0 Å². The summed E-state index contributed by atoms with van der Waals surface area (Å²) < 4.78 is 11.9. The van der Waals surface area contributed by atoms with Crippen molar-refractivity contribution in [2.45, 2.75) is 19.9 Å². The van der Waals surface area contributed by atoms with Crippen molar-refractivity contribution in [3.05, 3.63) is 11.5 Å². The Morgan fingerprint density at radius 3 is 2.75 bits per heavy atom. The van der Waals surface area contributed by atoms with Crippen LogP contribution in [-0.2, 0) is 9.47 Å². The highest BCUT2D eigenvalue weighted by Crippen LogP contribution is 2.21. The number of hydrogen-bond acceptors (Lipinski definition) is 6. The molecule has 1 aliphatic rings. The van der Waals surface area contributed by atoms with E-state index in [1.54, 1.807) is 0 Å². The minimum Gasteiger partial charge on any atom is -0.464 e. The number of esters is 1. The maximum atomic E-state index is 11.6. The maximum Gasteiger partial charge on any atom is 0.360 e. The molecule has 0 spiro atoms. The minimum absolute atomic E-state index is 0.138. The average Bonchev–Trinajstić information content (AvgIpc) is 2.74. The lowest BCUT2D eigenvalue weighted by Gasteiger charge is -2.30. The molecule has 1 aliphatic heterocycles. The number of aromatic nitrogens is 2. The van der Waals surface area contributed by atoms with Crippen molar-refractivity contribution < 1.29 is 14.3 Å². The monoisotopic (exact) mass is 282 g/mol. The first-order valence-corrected chi connectivity index (χ1v) is 6.77. The van der Waals surface area contributed by atoms with Gasteiger partial charge in [-0.1, -0.05) is 0 Å². The lowest BCUT2D eigenvalue weighted by molar-refractivity contribution is 0.0326. The van der Waals surface area contributed by atoms with Gasteiger partial charge in [-0.25, -0.2) is 9.78 Å². The van der Waals surface area contributed by atoms with Gasteiger partial charge in [0.05, 0.1) is 20.3 Å². The molecular formula is C13H22N4O3. The third-order valence-corrected chi connectivity index (χ3v) is 3.57. The molecule has 1 atom stereocenters. The number of nitrogens with zero attached hydrogens (tertiary/aromatic N) is 3. The second-order valence-corrected chi connectivity index (χ2v) is 5.02. The Bertz CT molecular complexity index is 480. The van der Waals surface area contributed by atoms with Gasteiger partial charge in [-0.05, 0) is 13.8 Å². The van der Waals surface area contributed by atoms with Gasteiger partial charge in [0.15, 0.2) is 5.69 Å². The van der Waals surface area contributed by atoms with E-state index in [0.29, 0.717) is 5.82 Å². The van der Waals surface area contributed by atoms with E-state index < -0.39 is 5.97 Å². The fourth-order valence-corrected chi connectivity index (χ4v) is 2.60. The van der Waals surface area contributed by atoms with Crippen molar-refractivity contribution in [3.8, 4) is 0 Å². The van der Waals surface area contributed by atoms with Gasteiger partial charge < -0.3 is 19.8 Å². The highest BCUT2D eigenvalue weighted by Gasteiger charge is 2.23. The topological polar surface area (TPSA) is 82.6 Å². The third kappa shape index (κ3) is 2.94. The number of nitrogen functional groups attached to an aromatic ring is 1. The number of nitrogens with two attached hydrogens (primary N) is 1. The number of carbonyl (C=O) groups is 1. The Labute approximate surface area is 118 Å². The summed E-state index contributed by atoms with van der Waals surface area (Å²) >= 11 is 0. The molecule has 1 aromatic heterocycles. The van der Waals surface area contributed by atoms with Gasteiger partial charge in [-0.2, -0.15) is 0 Å². The van der Waals surface area contributed by atoms with Crippen molar-refractivity contribution in [1.82, 2.24) is 14.5 Å². The van der Waals surface area contributed by atoms with Gasteiger partial charge in [0.2, 0.25) is 0 Å². The fourth-order valence-electron chi connectivity index (χ4n) is 2.60. The van der Waals surface area contributed by atoms with Gasteiger partial charge in [0.25, 0.3) is 0 Å². The highest BCUT2D eigenvalue weighted by atomic mass is 16.5. The lowest BCUT2D eigenvalue weighted by Crippen LogP contribution is -2.39. The average molecular weight is 282 g/mol. The molecule has 7 heteroatoms. The van der Waals surface area contributed by atoms with Crippen LogP contribution in [0.3, 0.4) is 0 Å². The van der Waals surface area contributed by atoms with Crippen molar-refractivity contribution in [3.63, 3.8) is 0 Å². The molecular weight excluding hydrogens is 260 g/mol. The van der Waals surface area contributed by atoms with Crippen LogP contribution < -0.4 is 5.73 Å². The summed E-state index contributed by atoms with van der Waals surface area (Å²) in [5.74, 6) is 0.599. The first kappa shape index (κ1) is 14.8. The lowest BCUT2D eigenvalue weighted by atomic mass is 10.2. The molecule has 2 N–H and O–H groups in total. The van der Waals surface area contributed by atoms with Crippen LogP contribution in [0.2, 0.25) is 0 Å². The molecule has 0 aliphatic carbocycles. The number of aryl methyl sites for hydroxylation is 1. The first-order chi connectivity index (χ1) is 9.54. The predicted molar refractivity (Wildman–Crippen MR) is 74.7 cm³/mol. The number of carbonyl (C=O) groups excluding carboxylic acids is 1. The van der Waals surface area contributed by atoms with Crippen LogP contribution in [-0.4, -0.2) is 60.4 Å². The Morgan fingerprint density at radius 2 is 2.15 bits per heavy atom. The molecule has 0 aromatic carbocycles. The molecule has 7 nitrogen and oxygen atoms in total. The number of anilines is 1. The Kier molecular flexibility index (Phi) is 4.61. The summed E-state index contributed by atoms with van der Waals surface area (Å²) in [6.07, 6.45) is 0. The number of morpholine rings is 1. The van der Waals surface area contributed by atoms with E-state index >= 15 is 0 Å². The molecule has 1 aromatic rings. The number of ether oxygens (including phenoxy) is 2. The van der Waals surface area contributed by atoms with Crippen molar-refractivity contribution in [1.29, 1.82) is 0 Å². The molecule has 20 heavy (non-hydrogen) atoms. The van der Waals surface area contributed by atoms with E-state index in [9.17, 15) is 4.79 Å². The maximum absolute atomic E-state index is 11.6. The number of methoxy groups -OCH3 is 1. The van der Waals surface area contributed by atoms with Gasteiger partial charge in [0.1, 0.15) is 11.6 Å². The summed E-state index contributed by atoms with van der Waals surface area (Å²) in [5.41, 5.74) is 6.24. The van der Waals surface area contributed by atoms with E-state index in [1.165, 1.54) is 7.11 Å². The second-order valence-electron chi connectivity index (χ2n) is 5.02. The highest BCUT2D eigenvalue weighted by molar-refractivity contribution is 5.92. The van der Waals surface area contributed by atoms with Crippen molar-refractivity contribution in [2.75, 3.05) is 45.7 Å². The van der Waals surface area contributed by atoms with E-state index in [4.69, 9.17) is 15.2 Å². The molecule has 0 bridgehead atoms. The summed E-state index contributed by atoms with van der Waals surface area (Å²) in [6, 6.07) is 0.138. The molecule has 0 saturated carbocycles. The van der Waals surface area contributed by atoms with Crippen LogP contribution in [0.4, 0.5) is 5.82 Å². The Hall–Kier alpha value is -1.60. The number of imidazole rings is 1. The molecule has 112 valence electrons. The molecule has 0 radical (unpaired) electrons. The zero-order valence-electron chi connectivity index (χ0n) is 12.3. The molecule has 2 rings (SSSR count). The smallest absolute Gasteiger partial charge is 0.360 e. The Morgan fingerprint density at radius 1 is 1.50 bits per heavy atom. The second kappa shape index (κ2) is 6.23. The minimum atomic E-state index is -0.497. The summed E-state index contributed by atoms with van der Waals surface area (Å²) in [5, 5.41) is 0. The van der Waals surface area contributed by atoms with Crippen LogP contribution in [0.1, 0.15) is 29.3 Å². The standard InChI is InChI=1S/C13H22N4O3/c1-9(8-16-4-6-20-7-5-16)17-10(2)15-11(12(17)14)13(18)19-3/h9H,4-8,14H2,1-3H3. The van der Waals surface area contributed by atoms with Crippen LogP contribution in [0, 0.1) is 6.92 Å². The van der Waals surface area contributed by atoms with Crippen LogP contribution in [0.5, 0.6) is 0 Å². The predicted octanol–water partition coefficient (Wildman–Crippen LogP) is 0.454. The van der Waals surface area contributed by atoms with E-state index in [0.717, 1.165) is 38.7 Å². The van der Waals surface area contributed by atoms with Gasteiger partial charge in [-0.15, -0.1) is 0 Å². The zero-order valence-corrected chi connectivity index (χ0v) is 12.3. The molecule has 2 heterocycles. The van der Waals surface area contributed by atoms with Gasteiger partial charge in [0, 0.05) is 25.7 Å². The SMILES string of the molecule is COC(=O)c1nc(C)n(C(C)CN2CCOCC2)c1N. The van der Waals surface area contributed by atoms with Crippen molar-refractivity contribution >= 4 is 11.8 Å². The van der Waals surface area contributed by atoms with Gasteiger partial charge >= 0.3 is 5.97 Å².